The number of aromatic nitrogens is 1. The van der Waals surface area contributed by atoms with Crippen LogP contribution in [0.25, 0.3) is 0 Å². The van der Waals surface area contributed by atoms with Gasteiger partial charge in [0.05, 0.1) is 0 Å². The predicted molar refractivity (Wildman–Crippen MR) is 62.5 cm³/mol. The second-order valence-electron chi connectivity index (χ2n) is 2.87. The van der Waals surface area contributed by atoms with Gasteiger partial charge in [-0.05, 0) is 30.3 Å². The normalized spacial score (nSPS) is 10.3. The molecule has 0 aliphatic heterocycles. The molecule has 0 spiro atoms. The first kappa shape index (κ1) is 10.6. The number of rotatable bonds is 2. The summed E-state index contributed by atoms with van der Waals surface area (Å²) in [5, 5.41) is 0. The maximum atomic E-state index is 12.8. The second kappa shape index (κ2) is 4.77. The van der Waals surface area contributed by atoms with Crippen molar-refractivity contribution in [1.29, 1.82) is 0 Å². The van der Waals surface area contributed by atoms with Gasteiger partial charge < -0.3 is 0 Å². The standard InChI is InChI=1S/C11H7BrFNS/c12-8-1-3-9(4-2-8)15-10-5-6-14-11(13)7-10/h1-7H. The topological polar surface area (TPSA) is 12.9 Å². The van der Waals surface area contributed by atoms with Crippen molar-refractivity contribution in [1.82, 2.24) is 4.98 Å². The number of nitrogens with zero attached hydrogens (tertiary/aromatic N) is 1. The van der Waals surface area contributed by atoms with E-state index in [1.165, 1.54) is 24.0 Å². The molecule has 0 N–H and O–H groups in total. The summed E-state index contributed by atoms with van der Waals surface area (Å²) < 4.78 is 13.8. The van der Waals surface area contributed by atoms with Crippen molar-refractivity contribution < 1.29 is 4.39 Å². The summed E-state index contributed by atoms with van der Waals surface area (Å²) in [4.78, 5) is 5.43. The minimum atomic E-state index is -0.447. The highest BCUT2D eigenvalue weighted by atomic mass is 79.9. The summed E-state index contributed by atoms with van der Waals surface area (Å²) in [6.07, 6.45) is 1.47. The molecule has 76 valence electrons. The van der Waals surface area contributed by atoms with Crippen LogP contribution in [0, 0.1) is 5.95 Å². The van der Waals surface area contributed by atoms with Gasteiger partial charge in [0.1, 0.15) is 0 Å². The zero-order valence-electron chi connectivity index (χ0n) is 7.65. The Morgan fingerprint density at radius 2 is 1.80 bits per heavy atom. The first-order valence-corrected chi connectivity index (χ1v) is 5.90. The number of benzene rings is 1. The Morgan fingerprint density at radius 1 is 1.07 bits per heavy atom. The van der Waals surface area contributed by atoms with Crippen molar-refractivity contribution >= 4 is 27.7 Å². The summed E-state index contributed by atoms with van der Waals surface area (Å²) in [6.45, 7) is 0. The van der Waals surface area contributed by atoms with Crippen LogP contribution in [0.1, 0.15) is 0 Å². The van der Waals surface area contributed by atoms with E-state index in [9.17, 15) is 4.39 Å². The maximum Gasteiger partial charge on any atom is 0.213 e. The number of hydrogen-bond donors (Lipinski definition) is 0. The molecule has 0 radical (unpaired) electrons. The average Bonchev–Trinajstić information content (AvgIpc) is 2.22. The molecule has 4 heteroatoms. The summed E-state index contributed by atoms with van der Waals surface area (Å²) in [5.74, 6) is -0.447. The molecule has 0 aliphatic carbocycles. The zero-order chi connectivity index (χ0) is 10.7. The molecule has 1 heterocycles. The molecule has 0 bridgehead atoms. The number of pyridine rings is 1. The van der Waals surface area contributed by atoms with Crippen LogP contribution in [0.3, 0.4) is 0 Å². The van der Waals surface area contributed by atoms with Gasteiger partial charge in [-0.15, -0.1) is 0 Å². The van der Waals surface area contributed by atoms with Gasteiger partial charge in [-0.2, -0.15) is 4.39 Å². The van der Waals surface area contributed by atoms with Crippen molar-refractivity contribution in [2.75, 3.05) is 0 Å². The fraction of sp³-hybridized carbons (Fsp3) is 0. The lowest BCUT2D eigenvalue weighted by atomic mass is 10.4. The van der Waals surface area contributed by atoms with Crippen molar-refractivity contribution in [3.05, 3.63) is 53.0 Å². The minimum absolute atomic E-state index is 0.447. The van der Waals surface area contributed by atoms with Gasteiger partial charge in [0.15, 0.2) is 0 Å². The third kappa shape index (κ3) is 3.04. The van der Waals surface area contributed by atoms with Crippen LogP contribution in [0.15, 0.2) is 56.9 Å². The highest BCUT2D eigenvalue weighted by Crippen LogP contribution is 2.28. The van der Waals surface area contributed by atoms with Gasteiger partial charge in [-0.25, -0.2) is 4.98 Å². The van der Waals surface area contributed by atoms with Gasteiger partial charge in [-0.1, -0.05) is 27.7 Å². The maximum absolute atomic E-state index is 12.8. The van der Waals surface area contributed by atoms with E-state index in [2.05, 4.69) is 20.9 Å². The predicted octanol–water partition coefficient (Wildman–Crippen LogP) is 4.13. The van der Waals surface area contributed by atoms with E-state index in [-0.39, 0.29) is 0 Å². The summed E-state index contributed by atoms with van der Waals surface area (Å²) in [5.41, 5.74) is 0. The highest BCUT2D eigenvalue weighted by molar-refractivity contribution is 9.10. The molecule has 1 nitrogen and oxygen atoms in total. The highest BCUT2D eigenvalue weighted by Gasteiger charge is 1.99. The first-order chi connectivity index (χ1) is 7.24. The zero-order valence-corrected chi connectivity index (χ0v) is 10.1. The molecule has 0 amide bonds. The van der Waals surface area contributed by atoms with E-state index >= 15 is 0 Å². The van der Waals surface area contributed by atoms with Gasteiger partial charge in [0, 0.05) is 26.5 Å². The van der Waals surface area contributed by atoms with Crippen LogP contribution in [0.4, 0.5) is 4.39 Å². The van der Waals surface area contributed by atoms with Crippen molar-refractivity contribution in [2.24, 2.45) is 0 Å². The first-order valence-electron chi connectivity index (χ1n) is 4.29. The van der Waals surface area contributed by atoms with Crippen LogP contribution in [-0.2, 0) is 0 Å². The van der Waals surface area contributed by atoms with Crippen molar-refractivity contribution in [2.45, 2.75) is 9.79 Å². The Balaban J connectivity index is 2.18. The molecule has 2 rings (SSSR count). The lowest BCUT2D eigenvalue weighted by Gasteiger charge is -2.01. The number of halogens is 2. The Labute approximate surface area is 99.9 Å². The molecule has 0 aliphatic rings. The minimum Gasteiger partial charge on any atom is -0.228 e. The second-order valence-corrected chi connectivity index (χ2v) is 4.93. The van der Waals surface area contributed by atoms with Crippen LogP contribution < -0.4 is 0 Å². The molecule has 15 heavy (non-hydrogen) atoms. The van der Waals surface area contributed by atoms with Gasteiger partial charge in [0.2, 0.25) is 5.95 Å². The lowest BCUT2D eigenvalue weighted by molar-refractivity contribution is 0.579. The van der Waals surface area contributed by atoms with Crippen molar-refractivity contribution in [3.63, 3.8) is 0 Å². The van der Waals surface area contributed by atoms with Crippen LogP contribution in [0.5, 0.6) is 0 Å². The number of hydrogen-bond acceptors (Lipinski definition) is 2. The summed E-state index contributed by atoms with van der Waals surface area (Å²) in [6, 6.07) is 11.1. The van der Waals surface area contributed by atoms with Crippen LogP contribution in [-0.4, -0.2) is 4.98 Å². The van der Waals surface area contributed by atoms with E-state index in [1.807, 2.05) is 24.3 Å². The van der Waals surface area contributed by atoms with Gasteiger partial charge in [0.25, 0.3) is 0 Å². The largest absolute Gasteiger partial charge is 0.228 e. The molecule has 1 aromatic carbocycles. The molecule has 1 aromatic heterocycles. The van der Waals surface area contributed by atoms with Crippen LogP contribution in [0.2, 0.25) is 0 Å². The molecule has 0 unspecified atom stereocenters. The SMILES string of the molecule is Fc1cc(Sc2ccc(Br)cc2)ccn1. The van der Waals surface area contributed by atoms with E-state index < -0.39 is 5.95 Å². The Hall–Kier alpha value is -0.870. The smallest absolute Gasteiger partial charge is 0.213 e. The van der Waals surface area contributed by atoms with E-state index in [0.717, 1.165) is 14.3 Å². The molecular formula is C11H7BrFNS. The quantitative estimate of drug-likeness (QED) is 0.769. The Morgan fingerprint density at radius 3 is 2.47 bits per heavy atom. The third-order valence-corrected chi connectivity index (χ3v) is 3.27. The summed E-state index contributed by atoms with van der Waals surface area (Å²) >= 11 is 4.87. The van der Waals surface area contributed by atoms with E-state index in [4.69, 9.17) is 0 Å². The molecular weight excluding hydrogens is 277 g/mol. The average molecular weight is 284 g/mol. The van der Waals surface area contributed by atoms with E-state index in [1.54, 1.807) is 6.07 Å². The monoisotopic (exact) mass is 283 g/mol. The van der Waals surface area contributed by atoms with Crippen LogP contribution >= 0.6 is 27.7 Å². The van der Waals surface area contributed by atoms with Gasteiger partial charge in [-0.3, -0.25) is 0 Å². The Kier molecular flexibility index (Phi) is 3.38. The van der Waals surface area contributed by atoms with Gasteiger partial charge >= 0.3 is 0 Å². The third-order valence-electron chi connectivity index (χ3n) is 1.75. The fourth-order valence-electron chi connectivity index (χ4n) is 1.09. The van der Waals surface area contributed by atoms with E-state index in [0.29, 0.717) is 0 Å². The Bertz CT molecular complexity index is 458. The van der Waals surface area contributed by atoms with Crippen molar-refractivity contribution in [3.8, 4) is 0 Å². The molecule has 2 aromatic rings. The fourth-order valence-corrected chi connectivity index (χ4v) is 2.18. The molecule has 0 saturated heterocycles. The summed E-state index contributed by atoms with van der Waals surface area (Å²) in [7, 11) is 0. The lowest BCUT2D eigenvalue weighted by Crippen LogP contribution is -1.81. The molecule has 0 fully saturated rings. The molecule has 0 saturated carbocycles. The molecule has 0 atom stereocenters.